The van der Waals surface area contributed by atoms with E-state index in [0.29, 0.717) is 34.8 Å². The Labute approximate surface area is 168 Å². The zero-order valence-electron chi connectivity index (χ0n) is 16.1. The molecule has 0 atom stereocenters. The van der Waals surface area contributed by atoms with Crippen molar-refractivity contribution in [3.63, 3.8) is 0 Å². The second kappa shape index (κ2) is 9.36. The first-order valence-corrected chi connectivity index (χ1v) is 9.04. The summed E-state index contributed by atoms with van der Waals surface area (Å²) in [6.07, 6.45) is 3.04. The van der Waals surface area contributed by atoms with Crippen LogP contribution in [0.15, 0.2) is 67.0 Å². The molecule has 2 N–H and O–H groups in total. The van der Waals surface area contributed by atoms with Crippen molar-refractivity contribution in [2.45, 2.75) is 6.92 Å². The topological polar surface area (TPSA) is 89.5 Å². The fraction of sp³-hybridized carbons (Fsp3) is 0.136. The molecule has 148 valence electrons. The molecule has 3 rings (SSSR count). The summed E-state index contributed by atoms with van der Waals surface area (Å²) < 4.78 is 10.2. The van der Waals surface area contributed by atoms with Gasteiger partial charge in [0.1, 0.15) is 5.75 Å². The first-order chi connectivity index (χ1) is 14.1. The number of esters is 1. The molecule has 7 nitrogen and oxygen atoms in total. The van der Waals surface area contributed by atoms with Gasteiger partial charge in [0.15, 0.2) is 0 Å². The van der Waals surface area contributed by atoms with Crippen LogP contribution in [0, 0.1) is 0 Å². The Morgan fingerprint density at radius 2 is 1.76 bits per heavy atom. The Kier molecular flexibility index (Phi) is 6.42. The zero-order valence-corrected chi connectivity index (χ0v) is 16.1. The van der Waals surface area contributed by atoms with Gasteiger partial charge in [0.05, 0.1) is 42.4 Å². The number of carbonyl (C=O) groups is 2. The fourth-order valence-electron chi connectivity index (χ4n) is 2.67. The number of methoxy groups -OCH3 is 1. The van der Waals surface area contributed by atoms with Gasteiger partial charge < -0.3 is 20.1 Å². The summed E-state index contributed by atoms with van der Waals surface area (Å²) in [6.45, 7) is 2.49. The molecule has 1 heterocycles. The lowest BCUT2D eigenvalue weighted by Gasteiger charge is -2.11. The van der Waals surface area contributed by atoms with Gasteiger partial charge in [-0.1, -0.05) is 12.1 Å². The van der Waals surface area contributed by atoms with Crippen LogP contribution in [-0.2, 0) is 4.74 Å². The average Bonchev–Trinajstić information content (AvgIpc) is 2.75. The molecule has 0 aliphatic rings. The average molecular weight is 391 g/mol. The highest BCUT2D eigenvalue weighted by molar-refractivity contribution is 6.04. The van der Waals surface area contributed by atoms with Crippen LogP contribution >= 0.6 is 0 Å². The minimum atomic E-state index is -0.453. The van der Waals surface area contributed by atoms with Crippen molar-refractivity contribution in [2.24, 2.45) is 0 Å². The number of anilines is 3. The maximum Gasteiger partial charge on any atom is 0.339 e. The van der Waals surface area contributed by atoms with Crippen molar-refractivity contribution in [1.29, 1.82) is 0 Å². The van der Waals surface area contributed by atoms with E-state index < -0.39 is 5.97 Å². The normalized spacial score (nSPS) is 10.1. The molecule has 0 radical (unpaired) electrons. The molecule has 0 saturated heterocycles. The van der Waals surface area contributed by atoms with Crippen LogP contribution in [0.5, 0.6) is 5.75 Å². The van der Waals surface area contributed by atoms with Gasteiger partial charge in [-0.2, -0.15) is 0 Å². The van der Waals surface area contributed by atoms with Gasteiger partial charge in [0.25, 0.3) is 5.91 Å². The van der Waals surface area contributed by atoms with Crippen molar-refractivity contribution >= 4 is 28.9 Å². The first-order valence-electron chi connectivity index (χ1n) is 9.04. The van der Waals surface area contributed by atoms with Gasteiger partial charge in [0.2, 0.25) is 0 Å². The fourth-order valence-corrected chi connectivity index (χ4v) is 2.67. The van der Waals surface area contributed by atoms with E-state index in [1.54, 1.807) is 60.8 Å². The number of nitrogens with zero attached hydrogens (tertiary/aromatic N) is 1. The van der Waals surface area contributed by atoms with Gasteiger partial charge in [-0.05, 0) is 49.4 Å². The molecule has 0 saturated carbocycles. The van der Waals surface area contributed by atoms with Gasteiger partial charge in [-0.15, -0.1) is 0 Å². The molecular weight excluding hydrogens is 370 g/mol. The number of nitrogens with one attached hydrogen (secondary N) is 2. The molecule has 2 aromatic carbocycles. The van der Waals surface area contributed by atoms with E-state index in [-0.39, 0.29) is 5.91 Å². The number of rotatable bonds is 7. The zero-order chi connectivity index (χ0) is 20.6. The molecule has 3 aromatic rings. The Bertz CT molecular complexity index is 1000. The van der Waals surface area contributed by atoms with Crippen molar-refractivity contribution in [3.8, 4) is 5.75 Å². The number of pyridine rings is 1. The predicted octanol–water partition coefficient (Wildman–Crippen LogP) is 4.26. The molecule has 0 fully saturated rings. The number of aromatic nitrogens is 1. The molecular formula is C22H21N3O4. The summed E-state index contributed by atoms with van der Waals surface area (Å²) >= 11 is 0. The number of hydrogen-bond acceptors (Lipinski definition) is 6. The largest absolute Gasteiger partial charge is 0.494 e. The molecule has 0 aliphatic carbocycles. The number of carbonyl (C=O) groups excluding carboxylic acids is 2. The van der Waals surface area contributed by atoms with Crippen LogP contribution in [0.2, 0.25) is 0 Å². The summed E-state index contributed by atoms with van der Waals surface area (Å²) in [4.78, 5) is 28.6. The Morgan fingerprint density at radius 3 is 2.48 bits per heavy atom. The Morgan fingerprint density at radius 1 is 1.00 bits per heavy atom. The number of para-hydroxylation sites is 1. The van der Waals surface area contributed by atoms with E-state index in [2.05, 4.69) is 15.6 Å². The predicted molar refractivity (Wildman–Crippen MR) is 111 cm³/mol. The molecule has 1 aromatic heterocycles. The van der Waals surface area contributed by atoms with Crippen molar-refractivity contribution in [3.05, 3.63) is 78.1 Å². The minimum absolute atomic E-state index is 0.299. The lowest BCUT2D eigenvalue weighted by molar-refractivity contribution is 0.0601. The Hall–Kier alpha value is -3.87. The standard InChI is InChI=1S/C22H21N3O4/c1-3-29-18-10-8-16(9-11-18)25-21(26)15-12-17(14-23-13-15)24-20-7-5-4-6-19(20)22(27)28-2/h4-14,24H,3H2,1-2H3,(H,25,26). The lowest BCUT2D eigenvalue weighted by atomic mass is 10.1. The van der Waals surface area contributed by atoms with Crippen LogP contribution in [0.25, 0.3) is 0 Å². The van der Waals surface area contributed by atoms with Gasteiger partial charge in [-0.25, -0.2) is 4.79 Å². The second-order valence-electron chi connectivity index (χ2n) is 6.04. The molecule has 0 bridgehead atoms. The highest BCUT2D eigenvalue weighted by Gasteiger charge is 2.12. The van der Waals surface area contributed by atoms with E-state index in [4.69, 9.17) is 9.47 Å². The number of amides is 1. The monoisotopic (exact) mass is 391 g/mol. The number of benzene rings is 2. The van der Waals surface area contributed by atoms with Crippen LogP contribution in [0.3, 0.4) is 0 Å². The quantitative estimate of drug-likeness (QED) is 0.585. The molecule has 1 amide bonds. The van der Waals surface area contributed by atoms with Crippen LogP contribution in [0.4, 0.5) is 17.1 Å². The molecule has 7 heteroatoms. The van der Waals surface area contributed by atoms with Crippen molar-refractivity contribution in [2.75, 3.05) is 24.4 Å². The van der Waals surface area contributed by atoms with Crippen molar-refractivity contribution < 1.29 is 19.1 Å². The second-order valence-corrected chi connectivity index (χ2v) is 6.04. The highest BCUT2D eigenvalue weighted by atomic mass is 16.5. The third kappa shape index (κ3) is 5.10. The van der Waals surface area contributed by atoms with E-state index in [0.717, 1.165) is 5.75 Å². The maximum absolute atomic E-state index is 12.6. The van der Waals surface area contributed by atoms with Crippen LogP contribution < -0.4 is 15.4 Å². The van der Waals surface area contributed by atoms with Gasteiger partial charge in [-0.3, -0.25) is 9.78 Å². The molecule has 0 unspecified atom stereocenters. The van der Waals surface area contributed by atoms with Crippen LogP contribution in [0.1, 0.15) is 27.6 Å². The Balaban J connectivity index is 1.74. The number of ether oxygens (including phenoxy) is 2. The lowest BCUT2D eigenvalue weighted by Crippen LogP contribution is -2.12. The van der Waals surface area contributed by atoms with E-state index >= 15 is 0 Å². The summed E-state index contributed by atoms with van der Waals surface area (Å²) in [7, 11) is 1.33. The minimum Gasteiger partial charge on any atom is -0.494 e. The summed E-state index contributed by atoms with van der Waals surface area (Å²) in [6, 6.07) is 15.7. The first kappa shape index (κ1) is 19.9. The van der Waals surface area contributed by atoms with E-state index in [1.165, 1.54) is 13.3 Å². The van der Waals surface area contributed by atoms with Gasteiger partial charge in [0, 0.05) is 11.9 Å². The third-order valence-corrected chi connectivity index (χ3v) is 4.04. The summed E-state index contributed by atoms with van der Waals surface area (Å²) in [5.74, 6) is -0.0142. The van der Waals surface area contributed by atoms with E-state index in [9.17, 15) is 9.59 Å². The molecule has 0 aliphatic heterocycles. The van der Waals surface area contributed by atoms with E-state index in [1.807, 2.05) is 6.92 Å². The van der Waals surface area contributed by atoms with Gasteiger partial charge >= 0.3 is 5.97 Å². The molecule has 0 spiro atoms. The van der Waals surface area contributed by atoms with Crippen molar-refractivity contribution in [1.82, 2.24) is 4.98 Å². The maximum atomic E-state index is 12.6. The summed E-state index contributed by atoms with van der Waals surface area (Å²) in [5.41, 5.74) is 2.54. The highest BCUT2D eigenvalue weighted by Crippen LogP contribution is 2.22. The molecule has 29 heavy (non-hydrogen) atoms. The SMILES string of the molecule is CCOc1ccc(NC(=O)c2cncc(Nc3ccccc3C(=O)OC)c2)cc1. The number of hydrogen-bond donors (Lipinski definition) is 2. The summed E-state index contributed by atoms with van der Waals surface area (Å²) in [5, 5.41) is 5.93. The third-order valence-electron chi connectivity index (χ3n) is 4.04. The van der Waals surface area contributed by atoms with Crippen LogP contribution in [-0.4, -0.2) is 30.6 Å². The smallest absolute Gasteiger partial charge is 0.339 e.